The van der Waals surface area contributed by atoms with Crippen molar-refractivity contribution in [3.63, 3.8) is 0 Å². The molecule has 104 valence electrons. The summed E-state index contributed by atoms with van der Waals surface area (Å²) in [5.41, 5.74) is 3.55. The molecule has 0 heterocycles. The Hall–Kier alpha value is -2.09. The summed E-state index contributed by atoms with van der Waals surface area (Å²) in [4.78, 5) is 4.50. The van der Waals surface area contributed by atoms with Gasteiger partial charge in [-0.25, -0.2) is 0 Å². The summed E-state index contributed by atoms with van der Waals surface area (Å²) in [6.45, 7) is 3.08. The summed E-state index contributed by atoms with van der Waals surface area (Å²) in [6.07, 6.45) is 4.30. The third kappa shape index (κ3) is 3.70. The normalized spacial score (nSPS) is 10.9. The second kappa shape index (κ2) is 7.49. The van der Waals surface area contributed by atoms with Crippen LogP contribution >= 0.6 is 0 Å². The van der Waals surface area contributed by atoms with Gasteiger partial charge in [0, 0.05) is 18.3 Å². The molecule has 2 aromatic carbocycles. The van der Waals surface area contributed by atoms with Crippen LogP contribution in [0.5, 0.6) is 5.75 Å². The molecule has 0 spiro atoms. The van der Waals surface area contributed by atoms with E-state index in [2.05, 4.69) is 42.2 Å². The van der Waals surface area contributed by atoms with Gasteiger partial charge < -0.3 is 4.74 Å². The van der Waals surface area contributed by atoms with E-state index < -0.39 is 0 Å². The Morgan fingerprint density at radius 3 is 2.50 bits per heavy atom. The van der Waals surface area contributed by atoms with Crippen molar-refractivity contribution in [1.29, 1.82) is 0 Å². The van der Waals surface area contributed by atoms with E-state index in [0.717, 1.165) is 24.3 Å². The summed E-state index contributed by atoms with van der Waals surface area (Å²) in [6, 6.07) is 16.5. The molecule has 0 saturated heterocycles. The van der Waals surface area contributed by atoms with E-state index >= 15 is 0 Å². The number of ether oxygens (including phenoxy) is 1. The third-order valence-electron chi connectivity index (χ3n) is 3.23. The molecule has 0 N–H and O–H groups in total. The summed E-state index contributed by atoms with van der Waals surface area (Å²) in [5.74, 6) is 0.878. The lowest BCUT2D eigenvalue weighted by molar-refractivity contribution is 0.415. The molecule has 0 aliphatic carbocycles. The van der Waals surface area contributed by atoms with E-state index in [1.807, 2.05) is 24.4 Å². The Kier molecular flexibility index (Phi) is 5.36. The van der Waals surface area contributed by atoms with Crippen molar-refractivity contribution >= 4 is 6.21 Å². The van der Waals surface area contributed by atoms with Gasteiger partial charge in [0.15, 0.2) is 0 Å². The molecular formula is C18H21NO. The van der Waals surface area contributed by atoms with Gasteiger partial charge in [-0.1, -0.05) is 49.7 Å². The minimum atomic E-state index is 0.878. The Balaban J connectivity index is 2.24. The fourth-order valence-electron chi connectivity index (χ4n) is 2.06. The molecule has 0 aliphatic heterocycles. The lowest BCUT2D eigenvalue weighted by Gasteiger charge is -2.07. The molecule has 0 fully saturated rings. The second-order valence-corrected chi connectivity index (χ2v) is 4.70. The molecule has 2 rings (SSSR count). The van der Waals surface area contributed by atoms with Crippen LogP contribution in [-0.2, 0) is 0 Å². The fourth-order valence-corrected chi connectivity index (χ4v) is 2.06. The molecule has 2 aromatic rings. The molecule has 2 nitrogen and oxygen atoms in total. The number of nitrogens with zero attached hydrogens (tertiary/aromatic N) is 1. The molecule has 0 bridgehead atoms. The van der Waals surface area contributed by atoms with E-state index in [1.54, 1.807) is 7.11 Å². The van der Waals surface area contributed by atoms with Crippen LogP contribution in [0.3, 0.4) is 0 Å². The summed E-state index contributed by atoms with van der Waals surface area (Å²) in [5, 5.41) is 0. The first-order valence-electron chi connectivity index (χ1n) is 7.08. The highest BCUT2D eigenvalue weighted by Gasteiger charge is 2.02. The molecular weight excluding hydrogens is 246 g/mol. The standard InChI is InChI=1S/C18H21NO/c1-3-4-13-19-14-16-7-5-6-8-18(16)15-9-11-17(20-2)12-10-15/h5-12,14H,3-4,13H2,1-2H3. The molecule has 0 amide bonds. The minimum absolute atomic E-state index is 0.878. The lowest BCUT2D eigenvalue weighted by Crippen LogP contribution is -1.90. The number of hydrogen-bond acceptors (Lipinski definition) is 2. The molecule has 0 atom stereocenters. The van der Waals surface area contributed by atoms with Gasteiger partial charge in [0.25, 0.3) is 0 Å². The first-order valence-corrected chi connectivity index (χ1v) is 7.08. The zero-order valence-corrected chi connectivity index (χ0v) is 12.2. The van der Waals surface area contributed by atoms with Crippen LogP contribution in [0.25, 0.3) is 11.1 Å². The van der Waals surface area contributed by atoms with E-state index in [9.17, 15) is 0 Å². The van der Waals surface area contributed by atoms with Crippen LogP contribution in [-0.4, -0.2) is 19.9 Å². The average molecular weight is 267 g/mol. The Labute approximate surface area is 121 Å². The summed E-state index contributed by atoms with van der Waals surface area (Å²) < 4.78 is 5.20. The number of unbranched alkanes of at least 4 members (excludes halogenated alkanes) is 1. The predicted molar refractivity (Wildman–Crippen MR) is 85.8 cm³/mol. The Morgan fingerprint density at radius 2 is 1.80 bits per heavy atom. The predicted octanol–water partition coefficient (Wildman–Crippen LogP) is 4.58. The highest BCUT2D eigenvalue weighted by Crippen LogP contribution is 2.24. The number of hydrogen-bond donors (Lipinski definition) is 0. The van der Waals surface area contributed by atoms with Crippen molar-refractivity contribution in [2.24, 2.45) is 4.99 Å². The minimum Gasteiger partial charge on any atom is -0.497 e. The number of methoxy groups -OCH3 is 1. The molecule has 0 saturated carbocycles. The van der Waals surface area contributed by atoms with Gasteiger partial charge in [-0.05, 0) is 29.7 Å². The summed E-state index contributed by atoms with van der Waals surface area (Å²) >= 11 is 0. The first-order chi connectivity index (χ1) is 9.85. The largest absolute Gasteiger partial charge is 0.497 e. The van der Waals surface area contributed by atoms with Crippen LogP contribution in [0.1, 0.15) is 25.3 Å². The highest BCUT2D eigenvalue weighted by atomic mass is 16.5. The molecule has 0 unspecified atom stereocenters. The zero-order valence-electron chi connectivity index (χ0n) is 12.2. The Bertz CT molecular complexity index is 558. The Morgan fingerprint density at radius 1 is 1.05 bits per heavy atom. The van der Waals surface area contributed by atoms with Crippen LogP contribution in [0, 0.1) is 0 Å². The smallest absolute Gasteiger partial charge is 0.118 e. The van der Waals surface area contributed by atoms with Crippen LogP contribution in [0.15, 0.2) is 53.5 Å². The highest BCUT2D eigenvalue weighted by molar-refractivity contribution is 5.90. The van der Waals surface area contributed by atoms with Gasteiger partial charge in [0.1, 0.15) is 5.75 Å². The monoisotopic (exact) mass is 267 g/mol. The van der Waals surface area contributed by atoms with Gasteiger partial charge in [0.2, 0.25) is 0 Å². The maximum atomic E-state index is 5.20. The maximum absolute atomic E-state index is 5.20. The van der Waals surface area contributed by atoms with Crippen molar-refractivity contribution in [2.45, 2.75) is 19.8 Å². The van der Waals surface area contributed by atoms with Crippen molar-refractivity contribution in [1.82, 2.24) is 0 Å². The molecule has 0 aromatic heterocycles. The van der Waals surface area contributed by atoms with Gasteiger partial charge in [0.05, 0.1) is 7.11 Å². The SMILES string of the molecule is CCCCN=Cc1ccccc1-c1ccc(OC)cc1. The zero-order chi connectivity index (χ0) is 14.2. The summed E-state index contributed by atoms with van der Waals surface area (Å²) in [7, 11) is 1.68. The second-order valence-electron chi connectivity index (χ2n) is 4.70. The number of aliphatic imine (C=N–C) groups is 1. The molecule has 2 heteroatoms. The molecule has 0 radical (unpaired) electrons. The van der Waals surface area contributed by atoms with Crippen LogP contribution in [0.2, 0.25) is 0 Å². The van der Waals surface area contributed by atoms with Gasteiger partial charge in [-0.3, -0.25) is 4.99 Å². The first kappa shape index (κ1) is 14.3. The van der Waals surface area contributed by atoms with Crippen molar-refractivity contribution in [3.05, 3.63) is 54.1 Å². The van der Waals surface area contributed by atoms with Crippen LogP contribution in [0.4, 0.5) is 0 Å². The van der Waals surface area contributed by atoms with E-state index in [4.69, 9.17) is 4.74 Å². The van der Waals surface area contributed by atoms with Gasteiger partial charge >= 0.3 is 0 Å². The van der Waals surface area contributed by atoms with Crippen molar-refractivity contribution in [2.75, 3.05) is 13.7 Å². The quantitative estimate of drug-likeness (QED) is 0.554. The lowest BCUT2D eigenvalue weighted by atomic mass is 10.0. The van der Waals surface area contributed by atoms with Crippen molar-refractivity contribution in [3.8, 4) is 16.9 Å². The van der Waals surface area contributed by atoms with Crippen LogP contribution < -0.4 is 4.74 Å². The number of benzene rings is 2. The van der Waals surface area contributed by atoms with Gasteiger partial charge in [-0.2, -0.15) is 0 Å². The third-order valence-corrected chi connectivity index (χ3v) is 3.23. The molecule has 20 heavy (non-hydrogen) atoms. The topological polar surface area (TPSA) is 21.6 Å². The number of rotatable bonds is 6. The fraction of sp³-hybridized carbons (Fsp3) is 0.278. The van der Waals surface area contributed by atoms with E-state index in [-0.39, 0.29) is 0 Å². The maximum Gasteiger partial charge on any atom is 0.118 e. The van der Waals surface area contributed by atoms with E-state index in [1.165, 1.54) is 17.5 Å². The van der Waals surface area contributed by atoms with Crippen molar-refractivity contribution < 1.29 is 4.74 Å². The average Bonchev–Trinajstić information content (AvgIpc) is 2.52. The van der Waals surface area contributed by atoms with Gasteiger partial charge in [-0.15, -0.1) is 0 Å². The van der Waals surface area contributed by atoms with E-state index in [0.29, 0.717) is 0 Å². The molecule has 0 aliphatic rings.